The van der Waals surface area contributed by atoms with Crippen LogP contribution in [-0.2, 0) is 4.79 Å². The van der Waals surface area contributed by atoms with Gasteiger partial charge in [-0.05, 0) is 55.3 Å². The van der Waals surface area contributed by atoms with Crippen molar-refractivity contribution in [1.29, 1.82) is 0 Å². The van der Waals surface area contributed by atoms with Gasteiger partial charge in [0.25, 0.3) is 0 Å². The Hall–Kier alpha value is -0.590. The van der Waals surface area contributed by atoms with Gasteiger partial charge in [0.15, 0.2) is 0 Å². The van der Waals surface area contributed by atoms with Crippen LogP contribution in [0.4, 0.5) is 0 Å². The Labute approximate surface area is 104 Å². The van der Waals surface area contributed by atoms with Crippen molar-refractivity contribution < 1.29 is 4.79 Å². The van der Waals surface area contributed by atoms with Crippen LogP contribution in [-0.4, -0.2) is 5.78 Å². The second kappa shape index (κ2) is 3.70. The summed E-state index contributed by atoms with van der Waals surface area (Å²) in [5, 5.41) is 0. The molecule has 1 heteroatoms. The second-order valence-corrected chi connectivity index (χ2v) is 6.79. The summed E-state index contributed by atoms with van der Waals surface area (Å²) in [6, 6.07) is 0. The lowest BCUT2D eigenvalue weighted by Gasteiger charge is -2.41. The standard InChI is InChI=1S/C16H22O/c17-15-9-11-4-1-2-6-12(11)14-8-10-5-3-7-13(10)16(14)15/h2,6,10-14,16H,1,3-5,7-9H2/t10-,11-,12-,13-,14-,16+/m0/s1. The van der Waals surface area contributed by atoms with Crippen LogP contribution in [0.2, 0.25) is 0 Å². The molecular weight excluding hydrogens is 208 g/mol. The van der Waals surface area contributed by atoms with E-state index >= 15 is 0 Å². The number of ketones is 1. The average molecular weight is 230 g/mol. The maximum atomic E-state index is 12.4. The first-order valence-corrected chi connectivity index (χ1v) is 7.54. The molecule has 0 bridgehead atoms. The summed E-state index contributed by atoms with van der Waals surface area (Å²) in [6.45, 7) is 0. The number of carbonyl (C=O) groups is 1. The Bertz CT molecular complexity index is 370. The Morgan fingerprint density at radius 2 is 2.00 bits per heavy atom. The molecule has 0 heterocycles. The lowest BCUT2D eigenvalue weighted by atomic mass is 9.63. The van der Waals surface area contributed by atoms with E-state index < -0.39 is 0 Å². The first-order chi connectivity index (χ1) is 8.34. The second-order valence-electron chi connectivity index (χ2n) is 6.79. The number of Topliss-reactive ketones (excluding diaryl/α,β-unsaturated/α-hetero) is 1. The fraction of sp³-hybridized carbons (Fsp3) is 0.812. The molecule has 3 fully saturated rings. The highest BCUT2D eigenvalue weighted by Crippen LogP contribution is 2.58. The maximum absolute atomic E-state index is 12.4. The van der Waals surface area contributed by atoms with E-state index in [-0.39, 0.29) is 0 Å². The van der Waals surface area contributed by atoms with Gasteiger partial charge in [-0.2, -0.15) is 0 Å². The van der Waals surface area contributed by atoms with Crippen molar-refractivity contribution in [1.82, 2.24) is 0 Å². The lowest BCUT2D eigenvalue weighted by Crippen LogP contribution is -2.40. The third-order valence-corrected chi connectivity index (χ3v) is 6.15. The molecule has 4 aliphatic rings. The van der Waals surface area contributed by atoms with E-state index in [0.29, 0.717) is 17.6 Å². The lowest BCUT2D eigenvalue weighted by molar-refractivity contribution is -0.130. The summed E-state index contributed by atoms with van der Waals surface area (Å²) < 4.78 is 0. The maximum Gasteiger partial charge on any atom is 0.136 e. The monoisotopic (exact) mass is 230 g/mol. The molecule has 0 aromatic rings. The smallest absolute Gasteiger partial charge is 0.136 e. The molecule has 0 spiro atoms. The van der Waals surface area contributed by atoms with E-state index in [0.717, 1.165) is 30.1 Å². The molecule has 0 aromatic heterocycles. The van der Waals surface area contributed by atoms with Gasteiger partial charge in [0.1, 0.15) is 5.78 Å². The normalized spacial score (nSPS) is 52.1. The summed E-state index contributed by atoms with van der Waals surface area (Å²) in [5.74, 6) is 4.98. The summed E-state index contributed by atoms with van der Waals surface area (Å²) >= 11 is 0. The molecule has 3 saturated carbocycles. The van der Waals surface area contributed by atoms with Gasteiger partial charge in [0.05, 0.1) is 0 Å². The van der Waals surface area contributed by atoms with Crippen LogP contribution < -0.4 is 0 Å². The van der Waals surface area contributed by atoms with E-state index in [9.17, 15) is 4.79 Å². The number of hydrogen-bond donors (Lipinski definition) is 0. The quantitative estimate of drug-likeness (QED) is 0.581. The van der Waals surface area contributed by atoms with Crippen molar-refractivity contribution in [3.05, 3.63) is 12.2 Å². The zero-order valence-electron chi connectivity index (χ0n) is 10.5. The topological polar surface area (TPSA) is 17.1 Å². The number of allylic oxidation sites excluding steroid dienone is 2. The zero-order valence-corrected chi connectivity index (χ0v) is 10.5. The van der Waals surface area contributed by atoms with Crippen molar-refractivity contribution in [2.24, 2.45) is 35.5 Å². The molecule has 0 radical (unpaired) electrons. The Balaban J connectivity index is 1.68. The van der Waals surface area contributed by atoms with E-state index in [4.69, 9.17) is 0 Å². The van der Waals surface area contributed by atoms with Crippen LogP contribution in [0.1, 0.15) is 44.9 Å². The SMILES string of the molecule is O=C1C[C@@H]2CCC=C[C@@H]2[C@@H]2C[C@@H]3CCC[C@@H]3[C@@H]12. The van der Waals surface area contributed by atoms with Gasteiger partial charge < -0.3 is 0 Å². The minimum absolute atomic E-state index is 0.464. The third-order valence-electron chi connectivity index (χ3n) is 6.15. The van der Waals surface area contributed by atoms with Gasteiger partial charge in [0, 0.05) is 12.3 Å². The van der Waals surface area contributed by atoms with Gasteiger partial charge in [-0.1, -0.05) is 25.0 Å². The highest BCUT2D eigenvalue weighted by atomic mass is 16.1. The molecule has 0 amide bonds. The van der Waals surface area contributed by atoms with Crippen molar-refractivity contribution in [2.75, 3.05) is 0 Å². The fourth-order valence-electron chi connectivity index (χ4n) is 5.56. The van der Waals surface area contributed by atoms with Crippen molar-refractivity contribution in [3.63, 3.8) is 0 Å². The van der Waals surface area contributed by atoms with Gasteiger partial charge in [-0.15, -0.1) is 0 Å². The van der Waals surface area contributed by atoms with Crippen molar-refractivity contribution in [3.8, 4) is 0 Å². The van der Waals surface area contributed by atoms with E-state index in [1.807, 2.05) is 0 Å². The molecular formula is C16H22O. The first kappa shape index (κ1) is 10.3. The van der Waals surface area contributed by atoms with E-state index in [1.165, 1.54) is 38.5 Å². The third kappa shape index (κ3) is 1.41. The molecule has 0 aliphatic heterocycles. The molecule has 0 saturated heterocycles. The number of fused-ring (bicyclic) bond motifs is 5. The number of rotatable bonds is 0. The summed E-state index contributed by atoms with van der Waals surface area (Å²) in [6.07, 6.45) is 13.7. The first-order valence-electron chi connectivity index (χ1n) is 7.54. The van der Waals surface area contributed by atoms with Crippen molar-refractivity contribution in [2.45, 2.75) is 44.9 Å². The molecule has 1 nitrogen and oxygen atoms in total. The largest absolute Gasteiger partial charge is 0.299 e. The minimum atomic E-state index is 0.464. The van der Waals surface area contributed by atoms with Crippen LogP contribution >= 0.6 is 0 Å². The highest BCUT2D eigenvalue weighted by Gasteiger charge is 2.54. The Morgan fingerprint density at radius 3 is 2.94 bits per heavy atom. The van der Waals surface area contributed by atoms with Crippen LogP contribution in [0.15, 0.2) is 12.2 Å². The fourth-order valence-corrected chi connectivity index (χ4v) is 5.56. The summed E-state index contributed by atoms with van der Waals surface area (Å²) in [5.41, 5.74) is 0. The Kier molecular flexibility index (Phi) is 2.25. The van der Waals surface area contributed by atoms with Gasteiger partial charge in [-0.3, -0.25) is 4.79 Å². The predicted octanol–water partition coefficient (Wildman–Crippen LogP) is 3.59. The van der Waals surface area contributed by atoms with Gasteiger partial charge in [-0.25, -0.2) is 0 Å². The predicted molar refractivity (Wildman–Crippen MR) is 67.4 cm³/mol. The minimum Gasteiger partial charge on any atom is -0.299 e. The molecule has 0 N–H and O–H groups in total. The summed E-state index contributed by atoms with van der Waals surface area (Å²) in [7, 11) is 0. The average Bonchev–Trinajstić information content (AvgIpc) is 2.88. The van der Waals surface area contributed by atoms with Crippen LogP contribution in [0.25, 0.3) is 0 Å². The van der Waals surface area contributed by atoms with Crippen LogP contribution in [0, 0.1) is 35.5 Å². The summed E-state index contributed by atoms with van der Waals surface area (Å²) in [4.78, 5) is 12.4. The number of carbonyl (C=O) groups excluding carboxylic acids is 1. The van der Waals surface area contributed by atoms with Gasteiger partial charge in [0.2, 0.25) is 0 Å². The molecule has 17 heavy (non-hydrogen) atoms. The molecule has 0 unspecified atom stereocenters. The highest BCUT2D eigenvalue weighted by molar-refractivity contribution is 5.83. The van der Waals surface area contributed by atoms with E-state index in [2.05, 4.69) is 12.2 Å². The number of hydrogen-bond acceptors (Lipinski definition) is 1. The molecule has 92 valence electrons. The molecule has 0 aromatic carbocycles. The molecule has 4 aliphatic carbocycles. The zero-order chi connectivity index (χ0) is 11.4. The van der Waals surface area contributed by atoms with Gasteiger partial charge >= 0.3 is 0 Å². The Morgan fingerprint density at radius 1 is 1.06 bits per heavy atom. The molecule has 6 atom stereocenters. The van der Waals surface area contributed by atoms with Crippen molar-refractivity contribution >= 4 is 5.78 Å². The van der Waals surface area contributed by atoms with Crippen LogP contribution in [0.3, 0.4) is 0 Å². The van der Waals surface area contributed by atoms with Crippen LogP contribution in [0.5, 0.6) is 0 Å². The molecule has 4 rings (SSSR count). The van der Waals surface area contributed by atoms with E-state index in [1.54, 1.807) is 0 Å².